The molecule has 0 spiro atoms. The summed E-state index contributed by atoms with van der Waals surface area (Å²) in [4.78, 5) is 18.1. The van der Waals surface area contributed by atoms with Gasteiger partial charge in [-0.3, -0.25) is 9.79 Å². The summed E-state index contributed by atoms with van der Waals surface area (Å²) in [7, 11) is 6.42. The van der Waals surface area contributed by atoms with Crippen molar-refractivity contribution in [1.82, 2.24) is 5.43 Å². The fourth-order valence-corrected chi connectivity index (χ4v) is 5.63. The summed E-state index contributed by atoms with van der Waals surface area (Å²) in [5.41, 5.74) is 8.93. The normalized spacial score (nSPS) is 18.1. The first kappa shape index (κ1) is 27.2. The molecule has 0 bridgehead atoms. The molecule has 1 aliphatic carbocycles. The standard InChI is InChI=1S/C32H35N3O5/c1-19(34-35-32(36)22-13-14-27(37-2)28(16-22)38-3)20-9-8-10-21(15-20)31-25-18-30(40-5)29(39-4)17-24(25)23-11-6-7-12-26(23)33-31/h8-10,13-18,23,26H,6-7,11-12H2,1-5H3,(H,35,36)/t23-,26-/m1/s1. The van der Waals surface area contributed by atoms with Gasteiger partial charge in [0.25, 0.3) is 5.91 Å². The molecule has 3 aromatic carbocycles. The van der Waals surface area contributed by atoms with E-state index in [0.29, 0.717) is 34.4 Å². The number of amides is 1. The number of rotatable bonds is 8. The zero-order valence-electron chi connectivity index (χ0n) is 23.6. The van der Waals surface area contributed by atoms with Crippen molar-refractivity contribution in [3.05, 3.63) is 82.4 Å². The Morgan fingerprint density at radius 3 is 2.27 bits per heavy atom. The van der Waals surface area contributed by atoms with E-state index in [2.05, 4.69) is 34.8 Å². The maximum Gasteiger partial charge on any atom is 0.271 e. The lowest BCUT2D eigenvalue weighted by Gasteiger charge is -2.35. The van der Waals surface area contributed by atoms with Crippen molar-refractivity contribution in [2.45, 2.75) is 44.6 Å². The molecule has 3 aromatic rings. The Kier molecular flexibility index (Phi) is 8.05. The summed E-state index contributed by atoms with van der Waals surface area (Å²) in [6.45, 7) is 1.87. The maximum absolute atomic E-state index is 12.8. The summed E-state index contributed by atoms with van der Waals surface area (Å²) in [6, 6.07) is 17.5. The summed E-state index contributed by atoms with van der Waals surface area (Å²) in [5, 5.41) is 4.38. The molecule has 0 saturated heterocycles. The molecule has 1 aliphatic heterocycles. The second-order valence-electron chi connectivity index (χ2n) is 10.0. The molecule has 5 rings (SSSR count). The van der Waals surface area contributed by atoms with Crippen molar-refractivity contribution in [1.29, 1.82) is 0 Å². The van der Waals surface area contributed by atoms with Crippen molar-refractivity contribution < 1.29 is 23.7 Å². The van der Waals surface area contributed by atoms with Crippen LogP contribution in [0.4, 0.5) is 0 Å². The lowest BCUT2D eigenvalue weighted by Crippen LogP contribution is -2.29. The van der Waals surface area contributed by atoms with Gasteiger partial charge in [-0.05, 0) is 67.3 Å². The first-order chi connectivity index (χ1) is 19.5. The van der Waals surface area contributed by atoms with Crippen LogP contribution in [0.5, 0.6) is 23.0 Å². The lowest BCUT2D eigenvalue weighted by molar-refractivity contribution is 0.0954. The summed E-state index contributed by atoms with van der Waals surface area (Å²) in [5.74, 6) is 2.51. The van der Waals surface area contributed by atoms with E-state index in [1.54, 1.807) is 39.5 Å². The molecule has 1 N–H and O–H groups in total. The molecule has 1 saturated carbocycles. The second kappa shape index (κ2) is 11.8. The molecular formula is C32H35N3O5. The Morgan fingerprint density at radius 1 is 0.825 bits per heavy atom. The van der Waals surface area contributed by atoms with Crippen molar-refractivity contribution in [2.75, 3.05) is 28.4 Å². The third kappa shape index (κ3) is 5.26. The van der Waals surface area contributed by atoms with Gasteiger partial charge >= 0.3 is 0 Å². The van der Waals surface area contributed by atoms with Gasteiger partial charge in [-0.15, -0.1) is 0 Å². The zero-order valence-corrected chi connectivity index (χ0v) is 23.6. The number of hydrogen-bond donors (Lipinski definition) is 1. The Labute approximate surface area is 235 Å². The van der Waals surface area contributed by atoms with Gasteiger partial charge < -0.3 is 18.9 Å². The number of hydrazone groups is 1. The predicted octanol–water partition coefficient (Wildman–Crippen LogP) is 5.75. The van der Waals surface area contributed by atoms with Gasteiger partial charge in [-0.2, -0.15) is 5.10 Å². The molecule has 1 amide bonds. The monoisotopic (exact) mass is 541 g/mol. The summed E-state index contributed by atoms with van der Waals surface area (Å²) in [6.07, 6.45) is 4.59. The number of methoxy groups -OCH3 is 4. The van der Waals surface area contributed by atoms with Gasteiger partial charge in [0.05, 0.1) is 45.9 Å². The Hall–Kier alpha value is -4.33. The maximum atomic E-state index is 12.8. The van der Waals surface area contributed by atoms with Crippen LogP contribution < -0.4 is 24.4 Å². The SMILES string of the molecule is COc1ccc(C(=O)NN=C(C)c2cccc(C3=N[C@@H]4CCCC[C@@H]4c4cc(OC)c(OC)cc43)c2)cc1OC. The van der Waals surface area contributed by atoms with E-state index >= 15 is 0 Å². The predicted molar refractivity (Wildman–Crippen MR) is 156 cm³/mol. The minimum Gasteiger partial charge on any atom is -0.493 e. The Morgan fingerprint density at radius 2 is 1.52 bits per heavy atom. The highest BCUT2D eigenvalue weighted by Crippen LogP contribution is 2.44. The van der Waals surface area contributed by atoms with Crippen LogP contribution in [0, 0.1) is 0 Å². The van der Waals surface area contributed by atoms with Crippen LogP contribution in [-0.4, -0.2) is 51.8 Å². The quantitative estimate of drug-likeness (QED) is 0.290. The highest BCUT2D eigenvalue weighted by molar-refractivity contribution is 6.16. The molecule has 2 aliphatic rings. The summed E-state index contributed by atoms with van der Waals surface area (Å²) < 4.78 is 21.9. The molecule has 2 atom stereocenters. The number of aliphatic imine (C=N–C) groups is 1. The number of nitrogens with zero attached hydrogens (tertiary/aromatic N) is 2. The van der Waals surface area contributed by atoms with Crippen LogP contribution in [0.3, 0.4) is 0 Å². The minimum atomic E-state index is -0.341. The van der Waals surface area contributed by atoms with Gasteiger partial charge in [0.2, 0.25) is 0 Å². The fraction of sp³-hybridized carbons (Fsp3) is 0.344. The molecular weight excluding hydrogens is 506 g/mol. The molecule has 1 heterocycles. The number of ether oxygens (including phenoxy) is 4. The second-order valence-corrected chi connectivity index (χ2v) is 10.0. The number of fused-ring (bicyclic) bond motifs is 3. The van der Waals surface area contributed by atoms with E-state index in [4.69, 9.17) is 23.9 Å². The van der Waals surface area contributed by atoms with Crippen LogP contribution >= 0.6 is 0 Å². The molecule has 8 nitrogen and oxygen atoms in total. The molecule has 0 radical (unpaired) electrons. The number of carbonyl (C=O) groups is 1. The average Bonchev–Trinajstić information content (AvgIpc) is 3.01. The molecule has 8 heteroatoms. The van der Waals surface area contributed by atoms with Crippen molar-refractivity contribution in [2.24, 2.45) is 10.1 Å². The van der Waals surface area contributed by atoms with E-state index in [1.807, 2.05) is 19.1 Å². The van der Waals surface area contributed by atoms with E-state index < -0.39 is 0 Å². The van der Waals surface area contributed by atoms with Crippen LogP contribution in [0.25, 0.3) is 0 Å². The fourth-order valence-electron chi connectivity index (χ4n) is 5.63. The highest BCUT2D eigenvalue weighted by atomic mass is 16.5. The number of hydrogen-bond acceptors (Lipinski definition) is 7. The van der Waals surface area contributed by atoms with Gasteiger partial charge in [0.1, 0.15) is 0 Å². The van der Waals surface area contributed by atoms with E-state index in [-0.39, 0.29) is 11.9 Å². The molecule has 0 aromatic heterocycles. The van der Waals surface area contributed by atoms with Crippen LogP contribution in [-0.2, 0) is 0 Å². The molecule has 208 valence electrons. The smallest absolute Gasteiger partial charge is 0.271 e. The van der Waals surface area contributed by atoms with Crippen molar-refractivity contribution in [3.8, 4) is 23.0 Å². The first-order valence-electron chi connectivity index (χ1n) is 13.5. The third-order valence-corrected chi connectivity index (χ3v) is 7.76. The third-order valence-electron chi connectivity index (χ3n) is 7.76. The first-order valence-corrected chi connectivity index (χ1v) is 13.5. The van der Waals surface area contributed by atoms with E-state index in [9.17, 15) is 4.79 Å². The number of benzene rings is 3. The molecule has 40 heavy (non-hydrogen) atoms. The largest absolute Gasteiger partial charge is 0.493 e. The van der Waals surface area contributed by atoms with Crippen LogP contribution in [0.1, 0.15) is 71.1 Å². The van der Waals surface area contributed by atoms with Gasteiger partial charge in [-0.25, -0.2) is 5.43 Å². The number of nitrogens with one attached hydrogen (secondary N) is 1. The number of carbonyl (C=O) groups excluding carboxylic acids is 1. The minimum absolute atomic E-state index is 0.244. The Bertz CT molecular complexity index is 1480. The highest BCUT2D eigenvalue weighted by Gasteiger charge is 2.34. The molecule has 0 unspecified atom stereocenters. The van der Waals surface area contributed by atoms with E-state index in [1.165, 1.54) is 25.5 Å². The average molecular weight is 542 g/mol. The van der Waals surface area contributed by atoms with E-state index in [0.717, 1.165) is 41.0 Å². The van der Waals surface area contributed by atoms with Crippen LogP contribution in [0.2, 0.25) is 0 Å². The topological polar surface area (TPSA) is 90.7 Å². The van der Waals surface area contributed by atoms with Crippen molar-refractivity contribution in [3.63, 3.8) is 0 Å². The summed E-state index contributed by atoms with van der Waals surface area (Å²) >= 11 is 0. The van der Waals surface area contributed by atoms with Crippen LogP contribution in [0.15, 0.2) is 64.7 Å². The Balaban J connectivity index is 1.45. The van der Waals surface area contributed by atoms with Gasteiger partial charge in [0, 0.05) is 22.6 Å². The molecule has 1 fully saturated rings. The lowest BCUT2D eigenvalue weighted by atomic mass is 9.75. The van der Waals surface area contributed by atoms with Crippen molar-refractivity contribution >= 4 is 17.3 Å². The zero-order chi connectivity index (χ0) is 28.2. The van der Waals surface area contributed by atoms with Gasteiger partial charge in [-0.1, -0.05) is 31.0 Å². The van der Waals surface area contributed by atoms with Gasteiger partial charge in [0.15, 0.2) is 23.0 Å².